The number of hydrogen-bond donors (Lipinski definition) is 2. The smallest absolute Gasteiger partial charge is 0.314 e. The number of nitrogens with two attached hydrogens (primary N) is 1. The van der Waals surface area contributed by atoms with Crippen LogP contribution in [0.5, 0.6) is 0 Å². The van der Waals surface area contributed by atoms with Gasteiger partial charge in [-0.25, -0.2) is 8.78 Å². The predicted octanol–water partition coefficient (Wildman–Crippen LogP) is 3.19. The van der Waals surface area contributed by atoms with Crippen molar-refractivity contribution in [2.24, 2.45) is 0 Å². The van der Waals surface area contributed by atoms with Gasteiger partial charge in [0.1, 0.15) is 0 Å². The molecule has 1 aromatic heterocycles. The molecule has 1 heterocycles. The molecule has 1 unspecified atom stereocenters. The van der Waals surface area contributed by atoms with E-state index in [4.69, 9.17) is 5.73 Å². The van der Waals surface area contributed by atoms with Gasteiger partial charge in [-0.05, 0) is 30.5 Å². The van der Waals surface area contributed by atoms with E-state index in [1.54, 1.807) is 17.5 Å². The quantitative estimate of drug-likeness (QED) is 0.852. The highest BCUT2D eigenvalue weighted by molar-refractivity contribution is 7.09. The maximum Gasteiger partial charge on any atom is 0.314 e. The van der Waals surface area contributed by atoms with E-state index < -0.39 is 23.0 Å². The summed E-state index contributed by atoms with van der Waals surface area (Å²) in [5.41, 5.74) is 3.68. The molecule has 0 saturated heterocycles. The third kappa shape index (κ3) is 2.38. The molecule has 0 amide bonds. The minimum absolute atomic E-state index is 0.0462. The number of carbonyl (C=O) groups is 1. The third-order valence-electron chi connectivity index (χ3n) is 3.26. The van der Waals surface area contributed by atoms with Crippen LogP contribution in [-0.2, 0) is 16.6 Å². The van der Waals surface area contributed by atoms with Crippen LogP contribution in [0.2, 0.25) is 0 Å². The minimum atomic E-state index is -1.62. The van der Waals surface area contributed by atoms with Crippen LogP contribution in [0.4, 0.5) is 14.5 Å². The molecule has 106 valence electrons. The minimum Gasteiger partial charge on any atom is -0.481 e. The van der Waals surface area contributed by atoms with Crippen LogP contribution in [-0.4, -0.2) is 11.1 Å². The fourth-order valence-electron chi connectivity index (χ4n) is 2.16. The highest BCUT2D eigenvalue weighted by atomic mass is 32.1. The predicted molar refractivity (Wildman–Crippen MR) is 73.8 cm³/mol. The Hall–Kier alpha value is -1.95. The summed E-state index contributed by atoms with van der Waals surface area (Å²) in [6.07, 6.45) is 0.0462. The van der Waals surface area contributed by atoms with Gasteiger partial charge in [-0.3, -0.25) is 4.79 Å². The third-order valence-corrected chi connectivity index (χ3v) is 4.14. The van der Waals surface area contributed by atoms with Gasteiger partial charge in [-0.1, -0.05) is 6.07 Å². The van der Waals surface area contributed by atoms with E-state index in [2.05, 4.69) is 0 Å². The Morgan fingerprint density at radius 3 is 2.65 bits per heavy atom. The number of benzene rings is 1. The average molecular weight is 297 g/mol. The zero-order chi connectivity index (χ0) is 14.9. The van der Waals surface area contributed by atoms with Crippen molar-refractivity contribution in [3.8, 4) is 0 Å². The summed E-state index contributed by atoms with van der Waals surface area (Å²) < 4.78 is 27.4. The van der Waals surface area contributed by atoms with Gasteiger partial charge in [0, 0.05) is 22.5 Å². The molecule has 0 bridgehead atoms. The molecular formula is C14H13F2NO2S. The van der Waals surface area contributed by atoms with Crippen LogP contribution in [0.1, 0.15) is 17.4 Å². The summed E-state index contributed by atoms with van der Waals surface area (Å²) in [6.45, 7) is 1.35. The largest absolute Gasteiger partial charge is 0.481 e. The second kappa shape index (κ2) is 5.20. The topological polar surface area (TPSA) is 63.3 Å². The lowest BCUT2D eigenvalue weighted by Gasteiger charge is -2.26. The van der Waals surface area contributed by atoms with Crippen molar-refractivity contribution in [2.75, 3.05) is 5.73 Å². The lowest BCUT2D eigenvalue weighted by molar-refractivity contribution is -0.143. The van der Waals surface area contributed by atoms with Crippen molar-refractivity contribution in [1.82, 2.24) is 0 Å². The highest BCUT2D eigenvalue weighted by Gasteiger charge is 2.40. The standard InChI is InChI=1S/C14H13F2NO2S/c1-14(13(18)19,7-8-3-2-6-20-8)11-10(17)5-4-9(15)12(11)16/h2-6H,7,17H2,1H3,(H,18,19). The monoisotopic (exact) mass is 297 g/mol. The van der Waals surface area contributed by atoms with Crippen molar-refractivity contribution < 1.29 is 18.7 Å². The Kier molecular flexibility index (Phi) is 3.76. The molecule has 0 aliphatic rings. The Bertz CT molecular complexity index is 643. The summed E-state index contributed by atoms with van der Waals surface area (Å²) in [4.78, 5) is 12.4. The van der Waals surface area contributed by atoms with Gasteiger partial charge in [0.05, 0.1) is 5.41 Å². The Morgan fingerprint density at radius 2 is 2.10 bits per heavy atom. The SMILES string of the molecule is CC(Cc1cccs1)(C(=O)O)c1c(N)ccc(F)c1F. The molecule has 2 aromatic rings. The first-order valence-electron chi connectivity index (χ1n) is 5.86. The molecule has 1 aromatic carbocycles. The fourth-order valence-corrected chi connectivity index (χ4v) is 3.02. The molecule has 0 spiro atoms. The molecule has 0 saturated carbocycles. The van der Waals surface area contributed by atoms with Crippen molar-refractivity contribution in [1.29, 1.82) is 0 Å². The number of aliphatic carboxylic acids is 1. The molecule has 1 atom stereocenters. The Balaban J connectivity index is 2.59. The number of thiophene rings is 1. The first kappa shape index (κ1) is 14.5. The zero-order valence-electron chi connectivity index (χ0n) is 10.7. The molecule has 20 heavy (non-hydrogen) atoms. The summed E-state index contributed by atoms with van der Waals surface area (Å²) >= 11 is 1.36. The number of anilines is 1. The molecule has 0 aliphatic heterocycles. The molecule has 6 heteroatoms. The second-order valence-corrected chi connectivity index (χ2v) is 5.75. The number of hydrogen-bond acceptors (Lipinski definition) is 3. The lowest BCUT2D eigenvalue weighted by atomic mass is 9.78. The Morgan fingerprint density at radius 1 is 1.40 bits per heavy atom. The van der Waals surface area contributed by atoms with E-state index in [9.17, 15) is 18.7 Å². The first-order valence-corrected chi connectivity index (χ1v) is 6.74. The van der Waals surface area contributed by atoms with Crippen molar-refractivity contribution >= 4 is 23.0 Å². The number of halogens is 2. The molecule has 2 rings (SSSR count). The molecule has 3 nitrogen and oxygen atoms in total. The van der Waals surface area contributed by atoms with Crippen LogP contribution >= 0.6 is 11.3 Å². The van der Waals surface area contributed by atoms with E-state index in [1.807, 2.05) is 0 Å². The molecule has 3 N–H and O–H groups in total. The summed E-state index contributed by atoms with van der Waals surface area (Å²) in [5.74, 6) is -3.55. The summed E-state index contributed by atoms with van der Waals surface area (Å²) in [6, 6.07) is 5.59. The zero-order valence-corrected chi connectivity index (χ0v) is 11.5. The van der Waals surface area contributed by atoms with Gasteiger partial charge in [0.15, 0.2) is 11.6 Å². The number of carboxylic acids is 1. The lowest BCUT2D eigenvalue weighted by Crippen LogP contribution is -2.36. The fraction of sp³-hybridized carbons (Fsp3) is 0.214. The summed E-state index contributed by atoms with van der Waals surface area (Å²) in [5, 5.41) is 11.3. The van der Waals surface area contributed by atoms with Crippen LogP contribution in [0.3, 0.4) is 0 Å². The van der Waals surface area contributed by atoms with Gasteiger partial charge >= 0.3 is 5.97 Å². The van der Waals surface area contributed by atoms with Crippen LogP contribution in [0.25, 0.3) is 0 Å². The molecule has 0 radical (unpaired) electrons. The van der Waals surface area contributed by atoms with Gasteiger partial charge in [-0.15, -0.1) is 11.3 Å². The van der Waals surface area contributed by atoms with E-state index >= 15 is 0 Å². The van der Waals surface area contributed by atoms with Gasteiger partial charge < -0.3 is 10.8 Å². The highest BCUT2D eigenvalue weighted by Crippen LogP contribution is 2.36. The van der Waals surface area contributed by atoms with Crippen LogP contribution in [0, 0.1) is 11.6 Å². The van der Waals surface area contributed by atoms with Crippen molar-refractivity contribution in [2.45, 2.75) is 18.8 Å². The average Bonchev–Trinajstić information content (AvgIpc) is 2.87. The Labute approximate surface area is 118 Å². The number of rotatable bonds is 4. The molecular weight excluding hydrogens is 284 g/mol. The van der Waals surface area contributed by atoms with E-state index in [1.165, 1.54) is 24.3 Å². The van der Waals surface area contributed by atoms with Crippen molar-refractivity contribution in [3.63, 3.8) is 0 Å². The normalized spacial score (nSPS) is 13.9. The maximum absolute atomic E-state index is 14.0. The number of carboxylic acid groups (broad SMARTS) is 1. The van der Waals surface area contributed by atoms with E-state index in [0.29, 0.717) is 0 Å². The second-order valence-electron chi connectivity index (χ2n) is 4.72. The number of nitrogen functional groups attached to an aromatic ring is 1. The van der Waals surface area contributed by atoms with Gasteiger partial charge in [-0.2, -0.15) is 0 Å². The van der Waals surface area contributed by atoms with E-state index in [0.717, 1.165) is 10.9 Å². The molecule has 0 fully saturated rings. The van der Waals surface area contributed by atoms with Gasteiger partial charge in [0.2, 0.25) is 0 Å². The first-order chi connectivity index (χ1) is 9.36. The van der Waals surface area contributed by atoms with E-state index in [-0.39, 0.29) is 17.7 Å². The molecule has 0 aliphatic carbocycles. The van der Waals surface area contributed by atoms with Crippen molar-refractivity contribution in [3.05, 3.63) is 51.7 Å². The van der Waals surface area contributed by atoms with Crippen LogP contribution < -0.4 is 5.73 Å². The maximum atomic E-state index is 14.0. The summed E-state index contributed by atoms with van der Waals surface area (Å²) in [7, 11) is 0. The van der Waals surface area contributed by atoms with Crippen LogP contribution in [0.15, 0.2) is 29.6 Å². The van der Waals surface area contributed by atoms with Gasteiger partial charge in [0.25, 0.3) is 0 Å².